The minimum atomic E-state index is -0.508. The molecule has 0 saturated carbocycles. The Morgan fingerprint density at radius 3 is 2.63 bits per heavy atom. The Morgan fingerprint density at radius 1 is 1.42 bits per heavy atom. The zero-order chi connectivity index (χ0) is 14.3. The smallest absolute Gasteiger partial charge is 0.353 e. The second-order valence-corrected chi connectivity index (χ2v) is 3.97. The molecule has 106 valence electrons. The number of aliphatic hydroxyl groups excluding tert-OH is 1. The minimum absolute atomic E-state index is 0.0183. The van der Waals surface area contributed by atoms with Crippen LogP contribution in [0.3, 0.4) is 0 Å². The summed E-state index contributed by atoms with van der Waals surface area (Å²) in [7, 11) is 0. The molecule has 0 aliphatic heterocycles. The van der Waals surface area contributed by atoms with Crippen molar-refractivity contribution in [2.75, 3.05) is 23.8 Å². The van der Waals surface area contributed by atoms with Gasteiger partial charge in [0.25, 0.3) is 0 Å². The van der Waals surface area contributed by atoms with Crippen LogP contribution in [0.4, 0.5) is 17.3 Å². The fourth-order valence-electron chi connectivity index (χ4n) is 1.68. The molecule has 1 atom stereocenters. The van der Waals surface area contributed by atoms with Crippen LogP contribution in [0, 0.1) is 10.1 Å². The maximum Gasteiger partial charge on any atom is 0.353 e. The summed E-state index contributed by atoms with van der Waals surface area (Å²) < 4.78 is 0. The van der Waals surface area contributed by atoms with Crippen molar-refractivity contribution in [3.63, 3.8) is 0 Å². The molecule has 19 heavy (non-hydrogen) atoms. The number of rotatable bonds is 8. The highest BCUT2D eigenvalue weighted by atomic mass is 16.6. The number of anilines is 2. The third-order valence-electron chi connectivity index (χ3n) is 2.66. The van der Waals surface area contributed by atoms with Gasteiger partial charge in [-0.25, -0.2) is 9.97 Å². The van der Waals surface area contributed by atoms with E-state index in [1.165, 1.54) is 6.33 Å². The van der Waals surface area contributed by atoms with Gasteiger partial charge in [-0.1, -0.05) is 6.92 Å². The largest absolute Gasteiger partial charge is 0.396 e. The van der Waals surface area contributed by atoms with Gasteiger partial charge < -0.3 is 15.7 Å². The Bertz CT molecular complexity index is 427. The van der Waals surface area contributed by atoms with Gasteiger partial charge in [0.2, 0.25) is 11.6 Å². The summed E-state index contributed by atoms with van der Waals surface area (Å²) in [5.41, 5.74) is -0.166. The van der Waals surface area contributed by atoms with Gasteiger partial charge in [0, 0.05) is 19.2 Å². The molecule has 0 amide bonds. The van der Waals surface area contributed by atoms with Crippen molar-refractivity contribution in [2.45, 2.75) is 32.7 Å². The first-order valence-corrected chi connectivity index (χ1v) is 6.24. The fourth-order valence-corrected chi connectivity index (χ4v) is 1.68. The molecule has 0 spiro atoms. The predicted molar refractivity (Wildman–Crippen MR) is 72.3 cm³/mol. The zero-order valence-electron chi connectivity index (χ0n) is 11.1. The number of aromatic nitrogens is 2. The van der Waals surface area contributed by atoms with Gasteiger partial charge in [0.15, 0.2) is 0 Å². The van der Waals surface area contributed by atoms with Crippen LogP contribution in [0.5, 0.6) is 0 Å². The van der Waals surface area contributed by atoms with Crippen LogP contribution in [0.1, 0.15) is 26.7 Å². The average Bonchev–Trinajstić information content (AvgIpc) is 2.38. The quantitative estimate of drug-likeness (QED) is 0.482. The molecular formula is C11H19N5O3. The molecule has 0 aliphatic rings. The number of nitrogens with zero attached hydrogens (tertiary/aromatic N) is 3. The highest BCUT2D eigenvalue weighted by Gasteiger charge is 2.23. The molecule has 1 aromatic rings. The SMILES string of the molecule is CCNc1ncnc(NC(CC)CCO)c1[N+](=O)[O-]. The summed E-state index contributed by atoms with van der Waals surface area (Å²) in [6.07, 6.45) is 2.52. The van der Waals surface area contributed by atoms with Crippen molar-refractivity contribution in [1.82, 2.24) is 9.97 Å². The lowest BCUT2D eigenvalue weighted by atomic mass is 10.1. The van der Waals surface area contributed by atoms with E-state index in [2.05, 4.69) is 20.6 Å². The van der Waals surface area contributed by atoms with Crippen molar-refractivity contribution in [1.29, 1.82) is 0 Å². The molecule has 1 rings (SSSR count). The second kappa shape index (κ2) is 7.47. The molecule has 0 saturated heterocycles. The first-order chi connectivity index (χ1) is 9.13. The standard InChI is InChI=1S/C11H19N5O3/c1-3-8(5-6-17)15-11-9(16(18)19)10(12-4-2)13-7-14-11/h7-8,17H,3-6H2,1-2H3,(H2,12,13,14,15). The summed E-state index contributed by atoms with van der Waals surface area (Å²) in [4.78, 5) is 18.4. The van der Waals surface area contributed by atoms with E-state index in [0.29, 0.717) is 13.0 Å². The normalized spacial score (nSPS) is 11.9. The van der Waals surface area contributed by atoms with Crippen LogP contribution in [0.15, 0.2) is 6.33 Å². The fraction of sp³-hybridized carbons (Fsp3) is 0.636. The van der Waals surface area contributed by atoms with E-state index in [1.54, 1.807) is 0 Å². The lowest BCUT2D eigenvalue weighted by Crippen LogP contribution is -2.21. The van der Waals surface area contributed by atoms with E-state index in [1.807, 2.05) is 13.8 Å². The van der Waals surface area contributed by atoms with Gasteiger partial charge in [-0.3, -0.25) is 10.1 Å². The molecular weight excluding hydrogens is 250 g/mol. The summed E-state index contributed by atoms with van der Waals surface area (Å²) in [5, 5.41) is 25.9. The van der Waals surface area contributed by atoms with Crippen molar-refractivity contribution in [2.24, 2.45) is 0 Å². The molecule has 8 nitrogen and oxygen atoms in total. The molecule has 0 bridgehead atoms. The number of nitrogens with one attached hydrogen (secondary N) is 2. The summed E-state index contributed by atoms with van der Waals surface area (Å²) in [5.74, 6) is 0.375. The lowest BCUT2D eigenvalue weighted by Gasteiger charge is -2.16. The van der Waals surface area contributed by atoms with E-state index < -0.39 is 4.92 Å². The molecule has 0 fully saturated rings. The van der Waals surface area contributed by atoms with E-state index in [-0.39, 0.29) is 30.0 Å². The minimum Gasteiger partial charge on any atom is -0.396 e. The van der Waals surface area contributed by atoms with E-state index in [4.69, 9.17) is 5.11 Å². The molecule has 1 unspecified atom stereocenters. The van der Waals surface area contributed by atoms with Crippen LogP contribution >= 0.6 is 0 Å². The Hall–Kier alpha value is -1.96. The topological polar surface area (TPSA) is 113 Å². The van der Waals surface area contributed by atoms with E-state index in [0.717, 1.165) is 6.42 Å². The van der Waals surface area contributed by atoms with Crippen LogP contribution < -0.4 is 10.6 Å². The maximum atomic E-state index is 11.1. The highest BCUT2D eigenvalue weighted by Crippen LogP contribution is 2.29. The highest BCUT2D eigenvalue weighted by molar-refractivity contribution is 5.69. The van der Waals surface area contributed by atoms with Crippen molar-refractivity contribution < 1.29 is 10.0 Å². The molecule has 1 heterocycles. The molecule has 0 aromatic carbocycles. The molecule has 3 N–H and O–H groups in total. The van der Waals surface area contributed by atoms with Gasteiger partial charge in [-0.05, 0) is 19.8 Å². The second-order valence-electron chi connectivity index (χ2n) is 3.97. The Labute approximate surface area is 111 Å². The average molecular weight is 269 g/mol. The van der Waals surface area contributed by atoms with Gasteiger partial charge in [-0.2, -0.15) is 0 Å². The number of hydrogen-bond acceptors (Lipinski definition) is 7. The van der Waals surface area contributed by atoms with Crippen molar-refractivity contribution in [3.05, 3.63) is 16.4 Å². The lowest BCUT2D eigenvalue weighted by molar-refractivity contribution is -0.383. The molecule has 0 radical (unpaired) electrons. The van der Waals surface area contributed by atoms with Crippen LogP contribution in [-0.4, -0.2) is 39.2 Å². The van der Waals surface area contributed by atoms with Crippen molar-refractivity contribution in [3.8, 4) is 0 Å². The first kappa shape index (κ1) is 15.1. The maximum absolute atomic E-state index is 11.1. The Kier molecular flexibility index (Phi) is 5.94. The van der Waals surface area contributed by atoms with E-state index in [9.17, 15) is 10.1 Å². The van der Waals surface area contributed by atoms with Crippen molar-refractivity contribution >= 4 is 17.3 Å². The van der Waals surface area contributed by atoms with Crippen LogP contribution in [0.2, 0.25) is 0 Å². The predicted octanol–water partition coefficient (Wildman–Crippen LogP) is 1.39. The van der Waals surface area contributed by atoms with Gasteiger partial charge in [-0.15, -0.1) is 0 Å². The first-order valence-electron chi connectivity index (χ1n) is 6.24. The summed E-state index contributed by atoms with van der Waals surface area (Å²) in [6.45, 7) is 4.32. The molecule has 1 aromatic heterocycles. The third kappa shape index (κ3) is 4.02. The molecule has 8 heteroatoms. The van der Waals surface area contributed by atoms with Crippen LogP contribution in [0.25, 0.3) is 0 Å². The molecule has 0 aliphatic carbocycles. The number of nitro groups is 1. The van der Waals surface area contributed by atoms with Crippen LogP contribution in [-0.2, 0) is 0 Å². The Morgan fingerprint density at radius 2 is 2.11 bits per heavy atom. The summed E-state index contributed by atoms with van der Waals surface area (Å²) >= 11 is 0. The monoisotopic (exact) mass is 269 g/mol. The van der Waals surface area contributed by atoms with Gasteiger partial charge in [0.05, 0.1) is 4.92 Å². The van der Waals surface area contributed by atoms with Gasteiger partial charge in [0.1, 0.15) is 6.33 Å². The van der Waals surface area contributed by atoms with E-state index >= 15 is 0 Å². The third-order valence-corrected chi connectivity index (χ3v) is 2.66. The van der Waals surface area contributed by atoms with Gasteiger partial charge >= 0.3 is 5.69 Å². The summed E-state index contributed by atoms with van der Waals surface area (Å²) in [6, 6.07) is -0.0620. The Balaban J connectivity index is 3.04. The number of hydrogen-bond donors (Lipinski definition) is 3. The zero-order valence-corrected chi connectivity index (χ0v) is 11.1. The number of aliphatic hydroxyl groups is 1.